The van der Waals surface area contributed by atoms with Gasteiger partial charge in [0.05, 0.1) is 0 Å². The van der Waals surface area contributed by atoms with Crippen molar-refractivity contribution in [2.45, 2.75) is 6.17 Å². The zero-order valence-electron chi connectivity index (χ0n) is 6.05. The minimum atomic E-state index is -0.248. The van der Waals surface area contributed by atoms with E-state index in [1.165, 1.54) is 0 Å². The van der Waals surface area contributed by atoms with Crippen LogP contribution < -0.4 is 0 Å². The van der Waals surface area contributed by atoms with Crippen LogP contribution in [0, 0.1) is 0 Å². The van der Waals surface area contributed by atoms with E-state index in [1.807, 2.05) is 24.3 Å². The number of benzene rings is 1. The highest BCUT2D eigenvalue weighted by Crippen LogP contribution is 2.25. The summed E-state index contributed by atoms with van der Waals surface area (Å²) in [5.41, 5.74) is 0.995. The standard InChI is InChI=1S/C7H5BrN4/c8-6-3-1-2-5(4-6)7-9-11-12-10-7/h1-4,7H. The van der Waals surface area contributed by atoms with Gasteiger partial charge >= 0.3 is 0 Å². The van der Waals surface area contributed by atoms with Crippen molar-refractivity contribution in [2.75, 3.05) is 0 Å². The first-order valence-corrected chi connectivity index (χ1v) is 4.21. The quantitative estimate of drug-likeness (QED) is 0.704. The maximum atomic E-state index is 3.82. The Balaban J connectivity index is 2.34. The van der Waals surface area contributed by atoms with E-state index in [4.69, 9.17) is 0 Å². The summed E-state index contributed by atoms with van der Waals surface area (Å²) in [4.78, 5) is 0. The van der Waals surface area contributed by atoms with E-state index in [0.717, 1.165) is 10.0 Å². The molecule has 1 aromatic carbocycles. The predicted octanol–water partition coefficient (Wildman–Crippen LogP) is 3.28. The number of nitrogens with zero attached hydrogens (tertiary/aromatic N) is 4. The molecule has 0 aromatic heterocycles. The molecule has 0 atom stereocenters. The fraction of sp³-hybridized carbons (Fsp3) is 0.143. The topological polar surface area (TPSA) is 49.4 Å². The molecule has 0 aliphatic carbocycles. The van der Waals surface area contributed by atoms with E-state index in [1.54, 1.807) is 0 Å². The molecule has 0 amide bonds. The summed E-state index contributed by atoms with van der Waals surface area (Å²) in [7, 11) is 0. The molecular formula is C7H5BrN4. The van der Waals surface area contributed by atoms with Crippen LogP contribution in [0.2, 0.25) is 0 Å². The third-order valence-electron chi connectivity index (χ3n) is 1.51. The van der Waals surface area contributed by atoms with Gasteiger partial charge in [0.1, 0.15) is 0 Å². The van der Waals surface area contributed by atoms with Crippen LogP contribution in [-0.4, -0.2) is 0 Å². The summed E-state index contributed by atoms with van der Waals surface area (Å²) < 4.78 is 1.01. The molecule has 1 heterocycles. The van der Waals surface area contributed by atoms with Gasteiger partial charge in [0, 0.05) is 10.0 Å². The van der Waals surface area contributed by atoms with E-state index in [2.05, 4.69) is 36.6 Å². The average molecular weight is 225 g/mol. The van der Waals surface area contributed by atoms with Gasteiger partial charge in [-0.05, 0) is 22.6 Å². The van der Waals surface area contributed by atoms with Crippen molar-refractivity contribution in [1.29, 1.82) is 0 Å². The van der Waals surface area contributed by atoms with E-state index in [0.29, 0.717) is 0 Å². The van der Waals surface area contributed by atoms with E-state index < -0.39 is 0 Å². The highest BCUT2D eigenvalue weighted by atomic mass is 79.9. The fourth-order valence-corrected chi connectivity index (χ4v) is 1.38. The highest BCUT2D eigenvalue weighted by Gasteiger charge is 2.11. The Morgan fingerprint density at radius 3 is 2.58 bits per heavy atom. The fourth-order valence-electron chi connectivity index (χ4n) is 0.968. The Morgan fingerprint density at radius 2 is 1.92 bits per heavy atom. The van der Waals surface area contributed by atoms with Crippen LogP contribution in [0.3, 0.4) is 0 Å². The maximum absolute atomic E-state index is 3.82. The van der Waals surface area contributed by atoms with E-state index in [-0.39, 0.29) is 6.17 Å². The molecular weight excluding hydrogens is 220 g/mol. The predicted molar refractivity (Wildman–Crippen MR) is 46.6 cm³/mol. The second-order valence-electron chi connectivity index (χ2n) is 2.34. The van der Waals surface area contributed by atoms with Crippen molar-refractivity contribution in [3.05, 3.63) is 34.3 Å². The molecule has 4 nitrogen and oxygen atoms in total. The molecule has 0 fully saturated rings. The molecule has 0 saturated carbocycles. The lowest BCUT2D eigenvalue weighted by molar-refractivity contribution is 0.764. The first-order chi connectivity index (χ1) is 5.86. The zero-order chi connectivity index (χ0) is 8.39. The van der Waals surface area contributed by atoms with Gasteiger partial charge in [0.15, 0.2) is 0 Å². The lowest BCUT2D eigenvalue weighted by Crippen LogP contribution is -1.86. The van der Waals surface area contributed by atoms with Crippen molar-refractivity contribution in [3.8, 4) is 0 Å². The van der Waals surface area contributed by atoms with Crippen LogP contribution in [0.1, 0.15) is 11.7 Å². The molecule has 0 saturated heterocycles. The first kappa shape index (κ1) is 7.54. The summed E-state index contributed by atoms with van der Waals surface area (Å²) in [5, 5.41) is 14.5. The Kier molecular flexibility index (Phi) is 1.95. The van der Waals surface area contributed by atoms with Crippen LogP contribution in [-0.2, 0) is 0 Å². The van der Waals surface area contributed by atoms with Gasteiger partial charge in [-0.15, -0.1) is 10.2 Å². The van der Waals surface area contributed by atoms with Crippen LogP contribution in [0.25, 0.3) is 0 Å². The molecule has 0 bridgehead atoms. The summed E-state index contributed by atoms with van der Waals surface area (Å²) in [6.07, 6.45) is -0.248. The molecule has 2 rings (SSSR count). The number of rotatable bonds is 1. The summed E-state index contributed by atoms with van der Waals surface area (Å²) >= 11 is 3.36. The van der Waals surface area contributed by atoms with Gasteiger partial charge in [-0.3, -0.25) is 0 Å². The second-order valence-corrected chi connectivity index (χ2v) is 3.25. The minimum Gasteiger partial charge on any atom is -0.133 e. The maximum Gasteiger partial charge on any atom is 0.210 e. The smallest absolute Gasteiger partial charge is 0.133 e. The monoisotopic (exact) mass is 224 g/mol. The van der Waals surface area contributed by atoms with Gasteiger partial charge in [-0.1, -0.05) is 28.1 Å². The Morgan fingerprint density at radius 1 is 1.17 bits per heavy atom. The summed E-state index contributed by atoms with van der Waals surface area (Å²) in [6, 6.07) is 7.78. The van der Waals surface area contributed by atoms with Crippen LogP contribution >= 0.6 is 15.9 Å². The van der Waals surface area contributed by atoms with Gasteiger partial charge in [-0.25, -0.2) is 0 Å². The van der Waals surface area contributed by atoms with Gasteiger partial charge < -0.3 is 0 Å². The van der Waals surface area contributed by atoms with Crippen molar-refractivity contribution >= 4 is 15.9 Å². The Labute approximate surface area is 77.5 Å². The Hall–Kier alpha value is -1.10. The molecule has 0 N–H and O–H groups in total. The molecule has 5 heteroatoms. The molecule has 1 aromatic rings. The molecule has 12 heavy (non-hydrogen) atoms. The largest absolute Gasteiger partial charge is 0.210 e. The lowest BCUT2D eigenvalue weighted by atomic mass is 10.2. The molecule has 0 radical (unpaired) electrons. The number of hydrogen-bond donors (Lipinski definition) is 0. The summed E-state index contributed by atoms with van der Waals surface area (Å²) in [6.45, 7) is 0. The van der Waals surface area contributed by atoms with Crippen LogP contribution in [0.4, 0.5) is 0 Å². The van der Waals surface area contributed by atoms with E-state index in [9.17, 15) is 0 Å². The minimum absolute atomic E-state index is 0.248. The SMILES string of the molecule is Brc1cccc(C2N=NN=N2)c1. The molecule has 0 unspecified atom stereocenters. The molecule has 1 aliphatic rings. The third kappa shape index (κ3) is 1.40. The first-order valence-electron chi connectivity index (χ1n) is 3.42. The molecule has 1 aliphatic heterocycles. The van der Waals surface area contributed by atoms with Crippen molar-refractivity contribution in [2.24, 2.45) is 20.7 Å². The van der Waals surface area contributed by atoms with Crippen LogP contribution in [0.5, 0.6) is 0 Å². The Bertz CT molecular complexity index is 335. The van der Waals surface area contributed by atoms with Gasteiger partial charge in [0.2, 0.25) is 6.17 Å². The highest BCUT2D eigenvalue weighted by molar-refractivity contribution is 9.10. The van der Waals surface area contributed by atoms with Crippen molar-refractivity contribution in [1.82, 2.24) is 0 Å². The molecule has 0 spiro atoms. The normalized spacial score (nSPS) is 15.8. The zero-order valence-corrected chi connectivity index (χ0v) is 7.64. The van der Waals surface area contributed by atoms with Crippen molar-refractivity contribution in [3.63, 3.8) is 0 Å². The lowest BCUT2D eigenvalue weighted by Gasteiger charge is -2.00. The average Bonchev–Trinajstić information content (AvgIpc) is 2.56. The van der Waals surface area contributed by atoms with Crippen LogP contribution in [0.15, 0.2) is 49.4 Å². The number of halogens is 1. The van der Waals surface area contributed by atoms with Crippen molar-refractivity contribution < 1.29 is 0 Å². The van der Waals surface area contributed by atoms with Gasteiger partial charge in [-0.2, -0.15) is 0 Å². The number of hydrogen-bond acceptors (Lipinski definition) is 4. The molecule has 60 valence electrons. The summed E-state index contributed by atoms with van der Waals surface area (Å²) in [5.74, 6) is 0. The third-order valence-corrected chi connectivity index (χ3v) is 2.00. The van der Waals surface area contributed by atoms with E-state index >= 15 is 0 Å². The second kappa shape index (κ2) is 3.10. The van der Waals surface area contributed by atoms with Gasteiger partial charge in [0.25, 0.3) is 0 Å².